The Hall–Kier alpha value is -2.43. The van der Waals surface area contributed by atoms with Crippen LogP contribution in [-0.2, 0) is 19.4 Å². The fourth-order valence-electron chi connectivity index (χ4n) is 2.12. The summed E-state index contributed by atoms with van der Waals surface area (Å²) in [5.74, 6) is -2.69. The highest BCUT2D eigenvalue weighted by Gasteiger charge is 2.33. The predicted octanol–water partition coefficient (Wildman–Crippen LogP) is -0.00990. The summed E-state index contributed by atoms with van der Waals surface area (Å²) >= 11 is 0. The Morgan fingerprint density at radius 3 is 2.70 bits per heavy atom. The predicted molar refractivity (Wildman–Crippen MR) is 75.5 cm³/mol. The quantitative estimate of drug-likeness (QED) is 0.412. The standard InChI is InChI=1S/C12H14N2O8S/c1-13(8-4-5-23(19,20)7-8)10(15)6-21-12(16)9-2-3-11(22-9)14(17)18/h2-3,8H,4-7H2,1H3. The van der Waals surface area contributed by atoms with Crippen LogP contribution in [0.2, 0.25) is 0 Å². The summed E-state index contributed by atoms with van der Waals surface area (Å²) in [5, 5.41) is 10.4. The molecule has 1 atom stereocenters. The van der Waals surface area contributed by atoms with Crippen LogP contribution in [0.15, 0.2) is 16.5 Å². The zero-order chi connectivity index (χ0) is 17.2. The molecule has 1 amide bonds. The van der Waals surface area contributed by atoms with Crippen LogP contribution in [0.25, 0.3) is 0 Å². The molecule has 0 N–H and O–H groups in total. The van der Waals surface area contributed by atoms with Crippen LogP contribution in [0.3, 0.4) is 0 Å². The van der Waals surface area contributed by atoms with E-state index in [1.165, 1.54) is 11.9 Å². The number of hydrogen-bond acceptors (Lipinski definition) is 8. The van der Waals surface area contributed by atoms with Gasteiger partial charge in [-0.05, 0) is 12.5 Å². The van der Waals surface area contributed by atoms with Crippen molar-refractivity contribution in [1.29, 1.82) is 0 Å². The van der Waals surface area contributed by atoms with Gasteiger partial charge in [-0.25, -0.2) is 13.2 Å². The molecule has 1 saturated heterocycles. The zero-order valence-corrected chi connectivity index (χ0v) is 12.9. The molecule has 1 aliphatic rings. The van der Waals surface area contributed by atoms with Gasteiger partial charge in [-0.3, -0.25) is 14.9 Å². The van der Waals surface area contributed by atoms with Gasteiger partial charge in [0.25, 0.3) is 5.91 Å². The second-order valence-electron chi connectivity index (χ2n) is 5.03. The van der Waals surface area contributed by atoms with E-state index >= 15 is 0 Å². The normalized spacial score (nSPS) is 19.3. The van der Waals surface area contributed by atoms with Crippen LogP contribution in [0, 0.1) is 10.1 Å². The number of furan rings is 1. The van der Waals surface area contributed by atoms with E-state index in [2.05, 4.69) is 4.42 Å². The van der Waals surface area contributed by atoms with Gasteiger partial charge < -0.3 is 14.1 Å². The average Bonchev–Trinajstić information content (AvgIpc) is 3.10. The maximum absolute atomic E-state index is 11.9. The summed E-state index contributed by atoms with van der Waals surface area (Å²) < 4.78 is 32.1. The van der Waals surface area contributed by atoms with Crippen molar-refractivity contribution in [3.8, 4) is 0 Å². The molecule has 0 aromatic carbocycles. The lowest BCUT2D eigenvalue weighted by atomic mass is 10.2. The number of nitrogens with zero attached hydrogens (tertiary/aromatic N) is 2. The van der Waals surface area contributed by atoms with Crippen LogP contribution in [0.5, 0.6) is 0 Å². The van der Waals surface area contributed by atoms with Crippen molar-refractivity contribution in [2.75, 3.05) is 25.2 Å². The van der Waals surface area contributed by atoms with E-state index in [1.807, 2.05) is 0 Å². The molecule has 0 aliphatic carbocycles. The number of amides is 1. The second-order valence-corrected chi connectivity index (χ2v) is 7.26. The Labute approximate surface area is 131 Å². The van der Waals surface area contributed by atoms with E-state index in [4.69, 9.17) is 4.74 Å². The zero-order valence-electron chi connectivity index (χ0n) is 12.1. The fourth-order valence-corrected chi connectivity index (χ4v) is 3.89. The molecule has 1 aromatic heterocycles. The lowest BCUT2D eigenvalue weighted by Crippen LogP contribution is -2.40. The van der Waals surface area contributed by atoms with Gasteiger partial charge in [0.1, 0.15) is 4.92 Å². The molecule has 2 heterocycles. The molecule has 2 rings (SSSR count). The van der Waals surface area contributed by atoms with Gasteiger partial charge >= 0.3 is 11.9 Å². The minimum absolute atomic E-state index is 0.0190. The Kier molecular flexibility index (Phi) is 4.68. The van der Waals surface area contributed by atoms with Crippen molar-refractivity contribution in [2.45, 2.75) is 12.5 Å². The number of nitro groups is 1. The van der Waals surface area contributed by atoms with Gasteiger partial charge in [-0.1, -0.05) is 0 Å². The van der Waals surface area contributed by atoms with Crippen molar-refractivity contribution < 1.29 is 32.1 Å². The van der Waals surface area contributed by atoms with Crippen LogP contribution < -0.4 is 0 Å². The van der Waals surface area contributed by atoms with E-state index in [-0.39, 0.29) is 11.5 Å². The first-order chi connectivity index (χ1) is 10.7. The summed E-state index contributed by atoms with van der Waals surface area (Å²) in [6.45, 7) is -0.611. The largest absolute Gasteiger partial charge is 0.450 e. The minimum atomic E-state index is -3.13. The molecule has 0 spiro atoms. The van der Waals surface area contributed by atoms with Crippen molar-refractivity contribution in [2.24, 2.45) is 0 Å². The number of sulfone groups is 1. The van der Waals surface area contributed by atoms with E-state index in [0.29, 0.717) is 6.42 Å². The number of rotatable bonds is 5. The van der Waals surface area contributed by atoms with Gasteiger partial charge in [0, 0.05) is 13.1 Å². The highest BCUT2D eigenvalue weighted by molar-refractivity contribution is 7.91. The van der Waals surface area contributed by atoms with Crippen LogP contribution >= 0.6 is 0 Å². The smallest absolute Gasteiger partial charge is 0.433 e. The lowest BCUT2D eigenvalue weighted by Gasteiger charge is -2.22. The molecule has 11 heteroatoms. The Morgan fingerprint density at radius 1 is 1.48 bits per heavy atom. The van der Waals surface area contributed by atoms with Crippen molar-refractivity contribution in [1.82, 2.24) is 4.90 Å². The van der Waals surface area contributed by atoms with E-state index in [1.54, 1.807) is 0 Å². The maximum Gasteiger partial charge on any atom is 0.433 e. The molecule has 1 aromatic rings. The number of likely N-dealkylation sites (N-methyl/N-ethyl adjacent to an activating group) is 1. The SMILES string of the molecule is CN(C(=O)COC(=O)c1ccc([N+](=O)[O-])o1)C1CCS(=O)(=O)C1. The third-order valence-electron chi connectivity index (χ3n) is 3.45. The van der Waals surface area contributed by atoms with Crippen molar-refractivity contribution in [3.05, 3.63) is 28.0 Å². The molecule has 1 fully saturated rings. The topological polar surface area (TPSA) is 137 Å². The van der Waals surface area contributed by atoms with Crippen molar-refractivity contribution in [3.63, 3.8) is 0 Å². The number of carbonyl (C=O) groups excluding carboxylic acids is 2. The van der Waals surface area contributed by atoms with Gasteiger partial charge in [-0.2, -0.15) is 0 Å². The van der Waals surface area contributed by atoms with Gasteiger partial charge in [0.15, 0.2) is 16.4 Å². The van der Waals surface area contributed by atoms with Crippen LogP contribution in [0.1, 0.15) is 17.0 Å². The van der Waals surface area contributed by atoms with E-state index in [9.17, 15) is 28.1 Å². The van der Waals surface area contributed by atoms with Gasteiger partial charge in [0.05, 0.1) is 17.6 Å². The first-order valence-electron chi connectivity index (χ1n) is 6.57. The molecule has 0 bridgehead atoms. The summed E-state index contributed by atoms with van der Waals surface area (Å²) in [7, 11) is -1.70. The molecular formula is C12H14N2O8S. The van der Waals surface area contributed by atoms with E-state index < -0.39 is 50.9 Å². The number of ether oxygens (including phenoxy) is 1. The highest BCUT2D eigenvalue weighted by Crippen LogP contribution is 2.18. The molecule has 0 radical (unpaired) electrons. The van der Waals surface area contributed by atoms with Crippen LogP contribution in [-0.4, -0.2) is 61.3 Å². The summed E-state index contributed by atoms with van der Waals surface area (Å²) in [6, 6.07) is 1.61. The molecule has 1 aliphatic heterocycles. The Morgan fingerprint density at radius 2 is 2.17 bits per heavy atom. The first-order valence-corrected chi connectivity index (χ1v) is 8.39. The number of hydrogen-bond donors (Lipinski definition) is 0. The van der Waals surface area contributed by atoms with E-state index in [0.717, 1.165) is 12.1 Å². The third-order valence-corrected chi connectivity index (χ3v) is 5.20. The molecular weight excluding hydrogens is 332 g/mol. The van der Waals surface area contributed by atoms with Gasteiger partial charge in [-0.15, -0.1) is 0 Å². The molecule has 23 heavy (non-hydrogen) atoms. The molecule has 126 valence electrons. The lowest BCUT2D eigenvalue weighted by molar-refractivity contribution is -0.402. The average molecular weight is 346 g/mol. The van der Waals surface area contributed by atoms with Crippen molar-refractivity contribution >= 4 is 27.6 Å². The molecule has 1 unspecified atom stereocenters. The molecule has 0 saturated carbocycles. The summed E-state index contributed by atoms with van der Waals surface area (Å²) in [5.41, 5.74) is 0. The van der Waals surface area contributed by atoms with Gasteiger partial charge in [0.2, 0.25) is 5.76 Å². The monoisotopic (exact) mass is 346 g/mol. The minimum Gasteiger partial charge on any atom is -0.450 e. The maximum atomic E-state index is 11.9. The third kappa shape index (κ3) is 4.06. The molecule has 10 nitrogen and oxygen atoms in total. The summed E-state index contributed by atoms with van der Waals surface area (Å²) in [6.07, 6.45) is 0.336. The Balaban J connectivity index is 1.88. The Bertz CT molecular complexity index is 738. The van der Waals surface area contributed by atoms with Crippen LogP contribution in [0.4, 0.5) is 5.88 Å². The first kappa shape index (κ1) is 16.9. The number of carbonyl (C=O) groups is 2. The fraction of sp³-hybridized carbons (Fsp3) is 0.500. The summed E-state index contributed by atoms with van der Waals surface area (Å²) in [4.78, 5) is 34.4. The highest BCUT2D eigenvalue weighted by atomic mass is 32.2. The second kappa shape index (κ2) is 6.36. The number of esters is 1.